The Labute approximate surface area is 199 Å². The number of ether oxygens (including phenoxy) is 4. The molecule has 178 valence electrons. The predicted molar refractivity (Wildman–Crippen MR) is 128 cm³/mol. The molecule has 8 nitrogen and oxygen atoms in total. The third-order valence-electron chi connectivity index (χ3n) is 5.68. The van der Waals surface area contributed by atoms with Crippen LogP contribution in [-0.2, 0) is 10.0 Å². The molecule has 0 fully saturated rings. The van der Waals surface area contributed by atoms with Crippen molar-refractivity contribution < 1.29 is 27.4 Å². The second kappa shape index (κ2) is 9.64. The van der Waals surface area contributed by atoms with Gasteiger partial charge in [0.15, 0.2) is 11.5 Å². The first-order valence-corrected chi connectivity index (χ1v) is 12.0. The van der Waals surface area contributed by atoms with E-state index in [4.69, 9.17) is 18.9 Å². The molecule has 34 heavy (non-hydrogen) atoms. The first-order chi connectivity index (χ1) is 16.4. The van der Waals surface area contributed by atoms with Gasteiger partial charge in [-0.2, -0.15) is 17.9 Å². The lowest BCUT2D eigenvalue weighted by Gasteiger charge is -2.25. The molecule has 0 bridgehead atoms. The average Bonchev–Trinajstić information content (AvgIpc) is 3.34. The summed E-state index contributed by atoms with van der Waals surface area (Å²) in [5, 5.41) is 4.59. The number of sulfonamides is 1. The summed E-state index contributed by atoms with van der Waals surface area (Å²) in [5.41, 5.74) is 2.02. The molecule has 1 aliphatic rings. The van der Waals surface area contributed by atoms with Gasteiger partial charge in [0.2, 0.25) is 0 Å². The van der Waals surface area contributed by atoms with E-state index in [0.717, 1.165) is 5.56 Å². The highest BCUT2D eigenvalue weighted by Gasteiger charge is 2.39. The smallest absolute Gasteiger partial charge is 0.279 e. The van der Waals surface area contributed by atoms with Crippen LogP contribution in [0.1, 0.15) is 23.6 Å². The fraction of sp³-hybridized carbons (Fsp3) is 0.240. The van der Waals surface area contributed by atoms with E-state index in [1.165, 1.54) is 4.41 Å². The van der Waals surface area contributed by atoms with Crippen LogP contribution in [0.15, 0.2) is 76.7 Å². The number of nitrogens with zero attached hydrogens (tertiary/aromatic N) is 2. The summed E-state index contributed by atoms with van der Waals surface area (Å²) < 4.78 is 50.1. The molecule has 3 aromatic rings. The highest BCUT2D eigenvalue weighted by Crippen LogP contribution is 2.42. The van der Waals surface area contributed by atoms with Crippen molar-refractivity contribution in [2.45, 2.75) is 17.4 Å². The third-order valence-corrected chi connectivity index (χ3v) is 7.37. The minimum atomic E-state index is -3.94. The molecule has 1 unspecified atom stereocenters. The number of hydrazone groups is 1. The standard InChI is InChI=1S/C25H26N2O6S/c1-30-18-11-12-20(24(15-18)32-3)22-16-21(17-10-13-23(31-2)25(14-17)33-4)26-27(22)34(28,29)19-8-6-5-7-9-19/h5-15,22H,16H2,1-4H3. The summed E-state index contributed by atoms with van der Waals surface area (Å²) in [6.07, 6.45) is 0.338. The molecule has 9 heteroatoms. The quantitative estimate of drug-likeness (QED) is 0.477. The molecule has 0 saturated heterocycles. The Morgan fingerprint density at radius 1 is 0.794 bits per heavy atom. The molecule has 1 aliphatic heterocycles. The molecule has 0 radical (unpaired) electrons. The lowest BCUT2D eigenvalue weighted by Crippen LogP contribution is -2.27. The van der Waals surface area contributed by atoms with E-state index in [1.54, 1.807) is 83.0 Å². The zero-order valence-electron chi connectivity index (χ0n) is 19.4. The van der Waals surface area contributed by atoms with Crippen LogP contribution in [0, 0.1) is 0 Å². The fourth-order valence-electron chi connectivity index (χ4n) is 3.93. The largest absolute Gasteiger partial charge is 0.497 e. The fourth-order valence-corrected chi connectivity index (χ4v) is 5.37. The van der Waals surface area contributed by atoms with E-state index >= 15 is 0 Å². The lowest BCUT2D eigenvalue weighted by molar-refractivity contribution is 0.347. The van der Waals surface area contributed by atoms with Crippen LogP contribution in [0.2, 0.25) is 0 Å². The van der Waals surface area contributed by atoms with Gasteiger partial charge in [-0.1, -0.05) is 18.2 Å². The van der Waals surface area contributed by atoms with E-state index < -0.39 is 16.1 Å². The molecule has 1 heterocycles. The van der Waals surface area contributed by atoms with Gasteiger partial charge in [-0.3, -0.25) is 0 Å². The minimum absolute atomic E-state index is 0.157. The number of hydrogen-bond acceptors (Lipinski definition) is 7. The summed E-state index contributed by atoms with van der Waals surface area (Å²) in [6, 6.07) is 18.4. The molecule has 0 saturated carbocycles. The van der Waals surface area contributed by atoms with Gasteiger partial charge >= 0.3 is 0 Å². The number of benzene rings is 3. The first-order valence-electron chi connectivity index (χ1n) is 10.5. The molecular formula is C25H26N2O6S. The van der Waals surface area contributed by atoms with Crippen molar-refractivity contribution in [3.8, 4) is 23.0 Å². The van der Waals surface area contributed by atoms with Crippen LogP contribution < -0.4 is 18.9 Å². The van der Waals surface area contributed by atoms with Gasteiger partial charge in [-0.25, -0.2) is 0 Å². The van der Waals surface area contributed by atoms with Crippen LogP contribution in [0.25, 0.3) is 0 Å². The minimum Gasteiger partial charge on any atom is -0.497 e. The second-order valence-corrected chi connectivity index (χ2v) is 9.33. The van der Waals surface area contributed by atoms with Gasteiger partial charge in [0.25, 0.3) is 10.0 Å². The zero-order valence-corrected chi connectivity index (χ0v) is 20.2. The Morgan fingerprint density at radius 3 is 2.15 bits per heavy atom. The van der Waals surface area contributed by atoms with E-state index in [2.05, 4.69) is 5.10 Å². The molecule has 0 aromatic heterocycles. The molecule has 4 rings (SSSR count). The summed E-state index contributed by atoms with van der Waals surface area (Å²) in [7, 11) is 2.27. The summed E-state index contributed by atoms with van der Waals surface area (Å²) >= 11 is 0. The van der Waals surface area contributed by atoms with E-state index in [-0.39, 0.29) is 4.90 Å². The summed E-state index contributed by atoms with van der Waals surface area (Å²) in [6.45, 7) is 0. The Hall–Kier alpha value is -3.72. The van der Waals surface area contributed by atoms with Crippen LogP contribution >= 0.6 is 0 Å². The van der Waals surface area contributed by atoms with Gasteiger partial charge in [-0.05, 0) is 42.5 Å². The molecule has 0 amide bonds. The highest BCUT2D eigenvalue weighted by atomic mass is 32.2. The van der Waals surface area contributed by atoms with Gasteiger partial charge in [-0.15, -0.1) is 0 Å². The SMILES string of the molecule is COc1ccc(C2CC(c3ccc(OC)c(OC)c3)=NN2S(=O)(=O)c2ccccc2)c(OC)c1. The maximum absolute atomic E-state index is 13.6. The average molecular weight is 483 g/mol. The summed E-state index contributed by atoms with van der Waals surface area (Å²) in [4.78, 5) is 0.157. The zero-order chi connectivity index (χ0) is 24.3. The second-order valence-electron chi connectivity index (χ2n) is 7.53. The van der Waals surface area contributed by atoms with Gasteiger partial charge in [0.1, 0.15) is 11.5 Å². The van der Waals surface area contributed by atoms with E-state index in [9.17, 15) is 8.42 Å². The van der Waals surface area contributed by atoms with Crippen LogP contribution in [0.3, 0.4) is 0 Å². The molecule has 3 aromatic carbocycles. The van der Waals surface area contributed by atoms with Gasteiger partial charge in [0, 0.05) is 23.6 Å². The van der Waals surface area contributed by atoms with Crippen LogP contribution in [-0.4, -0.2) is 47.0 Å². The van der Waals surface area contributed by atoms with E-state index in [0.29, 0.717) is 40.7 Å². The van der Waals surface area contributed by atoms with Crippen molar-refractivity contribution in [1.82, 2.24) is 4.41 Å². The normalized spacial score (nSPS) is 15.6. The molecular weight excluding hydrogens is 456 g/mol. The van der Waals surface area contributed by atoms with Gasteiger partial charge in [0.05, 0.1) is 45.1 Å². The van der Waals surface area contributed by atoms with Crippen molar-refractivity contribution in [3.05, 3.63) is 77.9 Å². The number of methoxy groups -OCH3 is 4. The molecule has 1 atom stereocenters. The molecule has 0 aliphatic carbocycles. The Morgan fingerprint density at radius 2 is 1.50 bits per heavy atom. The van der Waals surface area contributed by atoms with Crippen molar-refractivity contribution in [3.63, 3.8) is 0 Å². The van der Waals surface area contributed by atoms with Gasteiger partial charge < -0.3 is 18.9 Å². The molecule has 0 N–H and O–H groups in total. The molecule has 0 spiro atoms. The number of rotatable bonds is 8. The number of hydrogen-bond donors (Lipinski definition) is 0. The van der Waals surface area contributed by atoms with Crippen LogP contribution in [0.5, 0.6) is 23.0 Å². The Kier molecular flexibility index (Phi) is 6.65. The van der Waals surface area contributed by atoms with Crippen molar-refractivity contribution in [1.29, 1.82) is 0 Å². The Balaban J connectivity index is 1.84. The maximum Gasteiger partial charge on any atom is 0.279 e. The monoisotopic (exact) mass is 482 g/mol. The Bertz CT molecular complexity index is 1310. The summed E-state index contributed by atoms with van der Waals surface area (Å²) in [5.74, 6) is 2.23. The third kappa shape index (κ3) is 4.26. The van der Waals surface area contributed by atoms with Crippen molar-refractivity contribution in [2.75, 3.05) is 28.4 Å². The van der Waals surface area contributed by atoms with E-state index in [1.807, 2.05) is 12.1 Å². The maximum atomic E-state index is 13.6. The first kappa shape index (κ1) is 23.4. The predicted octanol–water partition coefficient (Wildman–Crippen LogP) is 4.26. The van der Waals surface area contributed by atoms with Crippen molar-refractivity contribution >= 4 is 15.7 Å². The highest BCUT2D eigenvalue weighted by molar-refractivity contribution is 7.89. The van der Waals surface area contributed by atoms with Crippen molar-refractivity contribution in [2.24, 2.45) is 5.10 Å². The topological polar surface area (TPSA) is 86.7 Å². The lowest BCUT2D eigenvalue weighted by atomic mass is 9.98. The van der Waals surface area contributed by atoms with Crippen LogP contribution in [0.4, 0.5) is 0 Å².